The zero-order valence-corrected chi connectivity index (χ0v) is 15.2. The summed E-state index contributed by atoms with van der Waals surface area (Å²) >= 11 is 0. The van der Waals surface area contributed by atoms with Crippen molar-refractivity contribution in [3.63, 3.8) is 0 Å². The first-order chi connectivity index (χ1) is 13.0. The van der Waals surface area contributed by atoms with E-state index in [4.69, 9.17) is 15.2 Å². The Hall–Kier alpha value is -3.55. The predicted molar refractivity (Wildman–Crippen MR) is 103 cm³/mol. The molecule has 0 aliphatic heterocycles. The third-order valence-electron chi connectivity index (χ3n) is 3.47. The topological polar surface area (TPSA) is 115 Å². The lowest BCUT2D eigenvalue weighted by molar-refractivity contribution is -0.123. The van der Waals surface area contributed by atoms with Crippen LogP contribution in [0.1, 0.15) is 22.8 Å². The minimum atomic E-state index is -0.347. The Morgan fingerprint density at radius 2 is 1.89 bits per heavy atom. The fraction of sp³-hybridized carbons (Fsp3) is 0.211. The van der Waals surface area contributed by atoms with Gasteiger partial charge in [0.1, 0.15) is 0 Å². The van der Waals surface area contributed by atoms with E-state index in [1.807, 2.05) is 6.92 Å². The Bertz CT molecular complexity index is 819. The highest BCUT2D eigenvalue weighted by atomic mass is 16.5. The highest BCUT2D eigenvalue weighted by Crippen LogP contribution is 2.27. The average Bonchev–Trinajstić information content (AvgIpc) is 2.67. The molecule has 0 saturated heterocycles. The number of hydrogen-bond donors (Lipinski definition) is 3. The number of ether oxygens (including phenoxy) is 2. The van der Waals surface area contributed by atoms with Gasteiger partial charge in [0, 0.05) is 17.8 Å². The third kappa shape index (κ3) is 6.03. The number of amides is 2. The smallest absolute Gasteiger partial charge is 0.271 e. The molecule has 0 radical (unpaired) electrons. The van der Waals surface area contributed by atoms with Gasteiger partial charge in [0.25, 0.3) is 11.8 Å². The van der Waals surface area contributed by atoms with E-state index in [0.717, 1.165) is 0 Å². The molecule has 0 atom stereocenters. The second kappa shape index (κ2) is 9.81. The second-order valence-electron chi connectivity index (χ2n) is 5.47. The maximum atomic E-state index is 12.0. The molecule has 27 heavy (non-hydrogen) atoms. The van der Waals surface area contributed by atoms with Gasteiger partial charge in [0.2, 0.25) is 0 Å². The quantitative estimate of drug-likeness (QED) is 0.370. The maximum Gasteiger partial charge on any atom is 0.271 e. The van der Waals surface area contributed by atoms with Gasteiger partial charge >= 0.3 is 0 Å². The van der Waals surface area contributed by atoms with Gasteiger partial charge < -0.3 is 20.5 Å². The number of nitrogens with one attached hydrogen (secondary N) is 2. The van der Waals surface area contributed by atoms with E-state index in [-0.39, 0.29) is 18.4 Å². The van der Waals surface area contributed by atoms with Gasteiger partial charge in [-0.25, -0.2) is 5.43 Å². The van der Waals surface area contributed by atoms with Crippen molar-refractivity contribution in [1.29, 1.82) is 0 Å². The standard InChI is InChI=1S/C19H22N4O4/c1-3-21-18(24)12-27-16-9-4-13(10-17(16)26-2)11-22-23-19(25)14-5-7-15(20)8-6-14/h4-11H,3,12,20H2,1-2H3,(H,21,24)(H,23,25)/b22-11+. The van der Waals surface area contributed by atoms with Gasteiger partial charge in [-0.1, -0.05) is 0 Å². The van der Waals surface area contributed by atoms with Crippen molar-refractivity contribution in [3.05, 3.63) is 53.6 Å². The number of carbonyl (C=O) groups excluding carboxylic acids is 2. The van der Waals surface area contributed by atoms with E-state index < -0.39 is 0 Å². The zero-order chi connectivity index (χ0) is 19.6. The van der Waals surface area contributed by atoms with Crippen molar-refractivity contribution < 1.29 is 19.1 Å². The van der Waals surface area contributed by atoms with Gasteiger partial charge in [0.05, 0.1) is 13.3 Å². The van der Waals surface area contributed by atoms with Crippen molar-refractivity contribution in [2.75, 3.05) is 26.0 Å². The molecule has 0 aromatic heterocycles. The lowest BCUT2D eigenvalue weighted by Gasteiger charge is -2.11. The van der Waals surface area contributed by atoms with Crippen molar-refractivity contribution in [3.8, 4) is 11.5 Å². The monoisotopic (exact) mass is 370 g/mol. The van der Waals surface area contributed by atoms with E-state index in [2.05, 4.69) is 15.8 Å². The SMILES string of the molecule is CCNC(=O)COc1ccc(/C=N/NC(=O)c2ccc(N)cc2)cc1OC. The Labute approximate surface area is 157 Å². The van der Waals surface area contributed by atoms with E-state index in [0.29, 0.717) is 34.9 Å². The summed E-state index contributed by atoms with van der Waals surface area (Å²) in [5.41, 5.74) is 9.75. The van der Waals surface area contributed by atoms with Gasteiger partial charge in [0.15, 0.2) is 18.1 Å². The minimum Gasteiger partial charge on any atom is -0.493 e. The molecule has 0 spiro atoms. The molecule has 2 rings (SSSR count). The van der Waals surface area contributed by atoms with Crippen LogP contribution in [0.25, 0.3) is 0 Å². The van der Waals surface area contributed by atoms with Crippen LogP contribution in [0.3, 0.4) is 0 Å². The summed E-state index contributed by atoms with van der Waals surface area (Å²) in [5.74, 6) is 0.329. The molecular weight excluding hydrogens is 348 g/mol. The number of carbonyl (C=O) groups is 2. The molecule has 0 aliphatic rings. The fourth-order valence-corrected chi connectivity index (χ4v) is 2.14. The molecule has 8 nitrogen and oxygen atoms in total. The summed E-state index contributed by atoms with van der Waals surface area (Å²) in [4.78, 5) is 23.5. The Balaban J connectivity index is 1.97. The normalized spacial score (nSPS) is 10.4. The molecule has 8 heteroatoms. The predicted octanol–water partition coefficient (Wildman–Crippen LogP) is 1.56. The van der Waals surface area contributed by atoms with Crippen molar-refractivity contribution in [1.82, 2.24) is 10.7 Å². The number of nitrogens with zero attached hydrogens (tertiary/aromatic N) is 1. The van der Waals surface area contributed by atoms with E-state index in [1.54, 1.807) is 42.5 Å². The zero-order valence-electron chi connectivity index (χ0n) is 15.2. The summed E-state index contributed by atoms with van der Waals surface area (Å²) in [6.45, 7) is 2.27. The minimum absolute atomic E-state index is 0.102. The molecule has 0 fully saturated rings. The van der Waals surface area contributed by atoms with Crippen LogP contribution in [-0.4, -0.2) is 38.3 Å². The van der Waals surface area contributed by atoms with Crippen LogP contribution < -0.4 is 25.9 Å². The summed E-state index contributed by atoms with van der Waals surface area (Å²) in [5, 5.41) is 6.57. The Kier molecular flexibility index (Phi) is 7.18. The number of nitrogens with two attached hydrogens (primary N) is 1. The van der Waals surface area contributed by atoms with Crippen LogP contribution in [0.2, 0.25) is 0 Å². The summed E-state index contributed by atoms with van der Waals surface area (Å²) < 4.78 is 10.7. The van der Waals surface area contributed by atoms with E-state index >= 15 is 0 Å². The number of hydrazone groups is 1. The molecule has 0 saturated carbocycles. The average molecular weight is 370 g/mol. The molecule has 4 N–H and O–H groups in total. The van der Waals surface area contributed by atoms with Crippen LogP contribution in [0.15, 0.2) is 47.6 Å². The third-order valence-corrected chi connectivity index (χ3v) is 3.47. The highest BCUT2D eigenvalue weighted by molar-refractivity contribution is 5.95. The molecule has 0 heterocycles. The first-order valence-electron chi connectivity index (χ1n) is 8.30. The fourth-order valence-electron chi connectivity index (χ4n) is 2.14. The Morgan fingerprint density at radius 1 is 1.15 bits per heavy atom. The molecule has 0 aliphatic carbocycles. The first-order valence-corrected chi connectivity index (χ1v) is 8.30. The first kappa shape index (κ1) is 19.8. The number of likely N-dealkylation sites (N-methyl/N-ethyl adjacent to an activating group) is 1. The molecule has 0 bridgehead atoms. The van der Waals surface area contributed by atoms with Crippen LogP contribution >= 0.6 is 0 Å². The van der Waals surface area contributed by atoms with Gasteiger partial charge in [-0.05, 0) is 55.0 Å². The number of benzene rings is 2. The molecule has 2 aromatic rings. The van der Waals surface area contributed by atoms with Crippen LogP contribution in [0.4, 0.5) is 5.69 Å². The summed E-state index contributed by atoms with van der Waals surface area (Å²) in [6, 6.07) is 11.6. The molecular formula is C19H22N4O4. The molecule has 0 unspecified atom stereocenters. The molecule has 142 valence electrons. The molecule has 2 aromatic carbocycles. The van der Waals surface area contributed by atoms with E-state index in [9.17, 15) is 9.59 Å². The summed E-state index contributed by atoms with van der Waals surface area (Å²) in [6.07, 6.45) is 1.48. The van der Waals surface area contributed by atoms with Crippen molar-refractivity contribution >= 4 is 23.7 Å². The van der Waals surface area contributed by atoms with Crippen molar-refractivity contribution in [2.45, 2.75) is 6.92 Å². The second-order valence-corrected chi connectivity index (χ2v) is 5.47. The number of methoxy groups -OCH3 is 1. The number of nitrogen functional groups attached to an aromatic ring is 1. The van der Waals surface area contributed by atoms with Crippen LogP contribution in [0, 0.1) is 0 Å². The van der Waals surface area contributed by atoms with Gasteiger partial charge in [-0.15, -0.1) is 0 Å². The van der Waals surface area contributed by atoms with E-state index in [1.165, 1.54) is 13.3 Å². The number of anilines is 1. The number of rotatable bonds is 8. The van der Waals surface area contributed by atoms with Crippen LogP contribution in [-0.2, 0) is 4.79 Å². The summed E-state index contributed by atoms with van der Waals surface area (Å²) in [7, 11) is 1.50. The maximum absolute atomic E-state index is 12.0. The van der Waals surface area contributed by atoms with Crippen LogP contribution in [0.5, 0.6) is 11.5 Å². The highest BCUT2D eigenvalue weighted by Gasteiger charge is 2.08. The largest absolute Gasteiger partial charge is 0.493 e. The molecule has 2 amide bonds. The Morgan fingerprint density at radius 3 is 2.56 bits per heavy atom. The lowest BCUT2D eigenvalue weighted by atomic mass is 10.2. The van der Waals surface area contributed by atoms with Gasteiger partial charge in [-0.2, -0.15) is 5.10 Å². The van der Waals surface area contributed by atoms with Crippen molar-refractivity contribution in [2.24, 2.45) is 5.10 Å². The number of hydrogen-bond acceptors (Lipinski definition) is 6. The van der Waals surface area contributed by atoms with Gasteiger partial charge in [-0.3, -0.25) is 9.59 Å². The lowest BCUT2D eigenvalue weighted by Crippen LogP contribution is -2.28.